The molecule has 0 aromatic heterocycles. The lowest BCUT2D eigenvalue weighted by Crippen LogP contribution is -2.58. The summed E-state index contributed by atoms with van der Waals surface area (Å²) in [7, 11) is -4.46. The molecule has 0 amide bonds. The summed E-state index contributed by atoms with van der Waals surface area (Å²) in [6.45, 7) is 0. The van der Waals surface area contributed by atoms with Gasteiger partial charge in [0.2, 0.25) is 10.0 Å². The Hall–Kier alpha value is -2.07. The molecule has 0 aliphatic heterocycles. The third kappa shape index (κ3) is 2.72. The van der Waals surface area contributed by atoms with Crippen LogP contribution in [0.4, 0.5) is 10.1 Å². The van der Waals surface area contributed by atoms with Crippen LogP contribution in [0, 0.1) is 15.9 Å². The van der Waals surface area contributed by atoms with Crippen molar-refractivity contribution in [2.45, 2.75) is 29.7 Å². The molecule has 1 aliphatic rings. The number of aliphatic carboxylic acids is 1. The van der Waals surface area contributed by atoms with Gasteiger partial charge in [-0.05, 0) is 31.4 Å². The van der Waals surface area contributed by atoms with Crippen LogP contribution < -0.4 is 4.72 Å². The number of benzene rings is 1. The van der Waals surface area contributed by atoms with E-state index in [0.717, 1.165) is 12.1 Å². The molecule has 2 rings (SSSR count). The first-order valence-corrected chi connectivity index (χ1v) is 7.38. The van der Waals surface area contributed by atoms with E-state index in [1.165, 1.54) is 0 Å². The zero-order valence-corrected chi connectivity index (χ0v) is 11.4. The van der Waals surface area contributed by atoms with Crippen molar-refractivity contribution in [3.63, 3.8) is 0 Å². The van der Waals surface area contributed by atoms with E-state index in [-0.39, 0.29) is 12.8 Å². The van der Waals surface area contributed by atoms with Crippen LogP contribution in [0.1, 0.15) is 19.3 Å². The lowest BCUT2D eigenvalue weighted by atomic mass is 9.78. The Labute approximate surface area is 118 Å². The van der Waals surface area contributed by atoms with Gasteiger partial charge in [-0.3, -0.25) is 14.9 Å². The normalized spacial score (nSPS) is 17.0. The molecule has 1 aliphatic carbocycles. The van der Waals surface area contributed by atoms with Gasteiger partial charge in [-0.1, -0.05) is 0 Å². The van der Waals surface area contributed by atoms with E-state index < -0.39 is 42.9 Å². The van der Waals surface area contributed by atoms with Crippen LogP contribution in [0.5, 0.6) is 0 Å². The van der Waals surface area contributed by atoms with Crippen molar-refractivity contribution in [1.29, 1.82) is 0 Å². The molecular formula is C11H11FN2O6S. The van der Waals surface area contributed by atoms with E-state index in [4.69, 9.17) is 5.11 Å². The highest BCUT2D eigenvalue weighted by atomic mass is 32.2. The zero-order valence-electron chi connectivity index (χ0n) is 10.6. The molecular weight excluding hydrogens is 307 g/mol. The number of nitrogens with one attached hydrogen (secondary N) is 1. The molecule has 1 aromatic carbocycles. The fourth-order valence-corrected chi connectivity index (χ4v) is 3.63. The highest BCUT2D eigenvalue weighted by Crippen LogP contribution is 2.35. The minimum atomic E-state index is -4.46. The molecule has 0 unspecified atom stereocenters. The summed E-state index contributed by atoms with van der Waals surface area (Å²) in [5.74, 6) is -2.31. The summed E-state index contributed by atoms with van der Waals surface area (Å²) in [5.41, 5.74) is -2.59. The molecule has 0 atom stereocenters. The Kier molecular flexibility index (Phi) is 3.68. The van der Waals surface area contributed by atoms with Crippen molar-refractivity contribution in [3.05, 3.63) is 34.1 Å². The first-order valence-electron chi connectivity index (χ1n) is 5.89. The van der Waals surface area contributed by atoms with Crippen molar-refractivity contribution in [2.24, 2.45) is 0 Å². The van der Waals surface area contributed by atoms with Gasteiger partial charge < -0.3 is 5.11 Å². The number of hydrogen-bond acceptors (Lipinski definition) is 5. The predicted octanol–water partition coefficient (Wildman–Crippen LogP) is 1.02. The number of carboxylic acids is 1. The van der Waals surface area contributed by atoms with Crippen LogP contribution in [0.25, 0.3) is 0 Å². The minimum absolute atomic E-state index is 0.0938. The van der Waals surface area contributed by atoms with Crippen LogP contribution in [-0.4, -0.2) is 30.0 Å². The number of nitro groups is 1. The number of rotatable bonds is 5. The highest BCUT2D eigenvalue weighted by molar-refractivity contribution is 7.89. The van der Waals surface area contributed by atoms with Gasteiger partial charge in [0, 0.05) is 0 Å². The summed E-state index contributed by atoms with van der Waals surface area (Å²) in [5, 5.41) is 19.9. The first-order chi connectivity index (χ1) is 9.68. The number of sulfonamides is 1. The zero-order chi connectivity index (χ0) is 15.8. The minimum Gasteiger partial charge on any atom is -0.480 e. The molecule has 10 heteroatoms. The van der Waals surface area contributed by atoms with Gasteiger partial charge in [-0.15, -0.1) is 0 Å². The monoisotopic (exact) mass is 318 g/mol. The third-order valence-electron chi connectivity index (χ3n) is 3.35. The molecule has 0 heterocycles. The van der Waals surface area contributed by atoms with Crippen molar-refractivity contribution >= 4 is 21.7 Å². The van der Waals surface area contributed by atoms with Crippen molar-refractivity contribution in [3.8, 4) is 0 Å². The fraction of sp³-hybridized carbons (Fsp3) is 0.364. The lowest BCUT2D eigenvalue weighted by molar-refractivity contribution is -0.388. The van der Waals surface area contributed by atoms with Crippen LogP contribution in [0.15, 0.2) is 23.1 Å². The number of carbonyl (C=O) groups is 1. The maximum atomic E-state index is 13.0. The molecule has 0 radical (unpaired) electrons. The Bertz CT molecular complexity index is 713. The smallest absolute Gasteiger partial charge is 0.324 e. The predicted molar refractivity (Wildman–Crippen MR) is 67.6 cm³/mol. The van der Waals surface area contributed by atoms with Crippen molar-refractivity contribution in [1.82, 2.24) is 4.72 Å². The molecule has 0 bridgehead atoms. The van der Waals surface area contributed by atoms with Crippen molar-refractivity contribution in [2.75, 3.05) is 0 Å². The van der Waals surface area contributed by atoms with Crippen LogP contribution in [0.3, 0.4) is 0 Å². The van der Waals surface area contributed by atoms with E-state index >= 15 is 0 Å². The number of halogens is 1. The average molecular weight is 318 g/mol. The molecule has 2 N–H and O–H groups in total. The quantitative estimate of drug-likeness (QED) is 0.616. The van der Waals surface area contributed by atoms with Gasteiger partial charge in [0.1, 0.15) is 11.4 Å². The van der Waals surface area contributed by atoms with Crippen LogP contribution >= 0.6 is 0 Å². The first kappa shape index (κ1) is 15.3. The Morgan fingerprint density at radius 2 is 2.05 bits per heavy atom. The SMILES string of the molecule is O=C(O)C1(NS(=O)(=O)c2ccc(F)cc2[N+](=O)[O-])CCC1. The molecule has 21 heavy (non-hydrogen) atoms. The number of nitro benzene ring substituents is 1. The fourth-order valence-electron chi connectivity index (χ4n) is 2.06. The van der Waals surface area contributed by atoms with Gasteiger partial charge in [-0.25, -0.2) is 12.8 Å². The summed E-state index contributed by atoms with van der Waals surface area (Å²) in [4.78, 5) is 20.2. The summed E-state index contributed by atoms with van der Waals surface area (Å²) < 4.78 is 39.4. The van der Waals surface area contributed by atoms with E-state index in [1.54, 1.807) is 0 Å². The maximum Gasteiger partial charge on any atom is 0.324 e. The number of nitrogens with zero attached hydrogens (tertiary/aromatic N) is 1. The van der Waals surface area contributed by atoms with Crippen molar-refractivity contribution < 1.29 is 27.6 Å². The molecule has 114 valence electrons. The highest BCUT2D eigenvalue weighted by Gasteiger charge is 2.48. The number of hydrogen-bond donors (Lipinski definition) is 2. The summed E-state index contributed by atoms with van der Waals surface area (Å²) in [6, 6.07) is 1.97. The van der Waals surface area contributed by atoms with Gasteiger partial charge in [0.05, 0.1) is 11.0 Å². The van der Waals surface area contributed by atoms with Crippen LogP contribution in [-0.2, 0) is 14.8 Å². The summed E-state index contributed by atoms with van der Waals surface area (Å²) in [6.07, 6.45) is 0.716. The second-order valence-corrected chi connectivity index (χ2v) is 6.37. The van der Waals surface area contributed by atoms with Gasteiger partial charge >= 0.3 is 5.97 Å². The Morgan fingerprint density at radius 3 is 2.48 bits per heavy atom. The Morgan fingerprint density at radius 1 is 1.43 bits per heavy atom. The second-order valence-electron chi connectivity index (χ2n) is 4.72. The molecule has 0 saturated heterocycles. The molecule has 8 nitrogen and oxygen atoms in total. The largest absolute Gasteiger partial charge is 0.480 e. The van der Waals surface area contributed by atoms with Crippen LogP contribution in [0.2, 0.25) is 0 Å². The average Bonchev–Trinajstić information content (AvgIpc) is 2.33. The van der Waals surface area contributed by atoms with E-state index in [2.05, 4.69) is 0 Å². The number of carboxylic acid groups (broad SMARTS) is 1. The standard InChI is InChI=1S/C11H11FN2O6S/c12-7-2-3-9(8(6-7)14(17)18)21(19,20)13-11(10(15)16)4-1-5-11/h2-3,6,13H,1,4-5H2,(H,15,16). The molecule has 1 aromatic rings. The van der Waals surface area contributed by atoms with E-state index in [9.17, 15) is 27.7 Å². The third-order valence-corrected chi connectivity index (χ3v) is 4.94. The molecule has 1 fully saturated rings. The van der Waals surface area contributed by atoms with Gasteiger partial charge in [-0.2, -0.15) is 4.72 Å². The molecule has 1 saturated carbocycles. The van der Waals surface area contributed by atoms with Gasteiger partial charge in [0.25, 0.3) is 5.69 Å². The van der Waals surface area contributed by atoms with E-state index in [0.29, 0.717) is 12.5 Å². The second kappa shape index (κ2) is 5.04. The van der Waals surface area contributed by atoms with Gasteiger partial charge in [0.15, 0.2) is 4.90 Å². The van der Waals surface area contributed by atoms with E-state index in [1.807, 2.05) is 4.72 Å². The summed E-state index contributed by atoms with van der Waals surface area (Å²) >= 11 is 0. The maximum absolute atomic E-state index is 13.0. The lowest BCUT2D eigenvalue weighted by Gasteiger charge is -2.37. The Balaban J connectivity index is 2.45. The molecule has 0 spiro atoms. The topological polar surface area (TPSA) is 127 Å².